The van der Waals surface area contributed by atoms with E-state index in [-0.39, 0.29) is 23.9 Å². The average molecular weight is 455 g/mol. The molecule has 2 amide bonds. The van der Waals surface area contributed by atoms with Gasteiger partial charge in [0.1, 0.15) is 5.82 Å². The Bertz CT molecular complexity index is 1350. The first-order valence-corrected chi connectivity index (χ1v) is 11.0. The number of nitrogens with one attached hydrogen (secondary N) is 2. The third-order valence-corrected chi connectivity index (χ3v) is 5.61. The molecule has 0 saturated heterocycles. The van der Waals surface area contributed by atoms with E-state index in [2.05, 4.69) is 20.9 Å². The summed E-state index contributed by atoms with van der Waals surface area (Å²) >= 11 is 0. The first kappa shape index (κ1) is 21.5. The van der Waals surface area contributed by atoms with Gasteiger partial charge in [0.05, 0.1) is 11.4 Å². The van der Waals surface area contributed by atoms with Gasteiger partial charge >= 0.3 is 0 Å². The van der Waals surface area contributed by atoms with E-state index in [1.807, 2.05) is 36.4 Å². The minimum absolute atomic E-state index is 0.229. The van der Waals surface area contributed by atoms with Crippen LogP contribution in [-0.2, 0) is 6.54 Å². The molecule has 1 saturated carbocycles. The van der Waals surface area contributed by atoms with Crippen molar-refractivity contribution in [3.63, 3.8) is 0 Å². The van der Waals surface area contributed by atoms with Crippen LogP contribution in [0.15, 0.2) is 78.9 Å². The van der Waals surface area contributed by atoms with Crippen LogP contribution in [0.5, 0.6) is 0 Å². The normalized spacial score (nSPS) is 12.9. The van der Waals surface area contributed by atoms with Gasteiger partial charge in [-0.1, -0.05) is 41.6 Å². The van der Waals surface area contributed by atoms with Crippen molar-refractivity contribution in [3.05, 3.63) is 107 Å². The summed E-state index contributed by atoms with van der Waals surface area (Å²) in [5, 5.41) is 14.1. The quantitative estimate of drug-likeness (QED) is 0.430. The topological polar surface area (TPSA) is 88.9 Å². The van der Waals surface area contributed by atoms with Crippen LogP contribution in [0.3, 0.4) is 0 Å². The second-order valence-corrected chi connectivity index (χ2v) is 8.19. The van der Waals surface area contributed by atoms with Gasteiger partial charge in [-0.2, -0.15) is 0 Å². The highest BCUT2D eigenvalue weighted by Gasteiger charge is 2.34. The second kappa shape index (κ2) is 9.27. The van der Waals surface area contributed by atoms with Gasteiger partial charge < -0.3 is 10.6 Å². The molecular weight excluding hydrogens is 433 g/mol. The predicted octanol–water partition coefficient (Wildman–Crippen LogP) is 4.47. The first-order chi connectivity index (χ1) is 16.6. The van der Waals surface area contributed by atoms with Crippen molar-refractivity contribution < 1.29 is 14.0 Å². The molecule has 1 heterocycles. The van der Waals surface area contributed by atoms with Crippen molar-refractivity contribution in [3.8, 4) is 5.69 Å². The first-order valence-electron chi connectivity index (χ1n) is 11.0. The van der Waals surface area contributed by atoms with Crippen LogP contribution in [0, 0.1) is 5.82 Å². The highest BCUT2D eigenvalue weighted by molar-refractivity contribution is 6.04. The molecule has 0 spiro atoms. The summed E-state index contributed by atoms with van der Waals surface area (Å²) in [7, 11) is 0. The number of carbonyl (C=O) groups excluding carboxylic acids is 2. The maximum Gasteiger partial charge on any atom is 0.274 e. The number of carbonyl (C=O) groups is 2. The van der Waals surface area contributed by atoms with E-state index in [0.29, 0.717) is 11.4 Å². The lowest BCUT2D eigenvalue weighted by atomic mass is 10.1. The minimum atomic E-state index is -0.473. The van der Waals surface area contributed by atoms with E-state index in [0.717, 1.165) is 29.8 Å². The molecule has 5 rings (SSSR count). The molecule has 0 radical (unpaired) electrons. The van der Waals surface area contributed by atoms with E-state index in [9.17, 15) is 14.0 Å². The Balaban J connectivity index is 1.27. The molecule has 1 aromatic heterocycles. The number of para-hydroxylation sites is 1. The lowest BCUT2D eigenvalue weighted by Crippen LogP contribution is -2.24. The molecule has 0 aliphatic heterocycles. The van der Waals surface area contributed by atoms with Gasteiger partial charge in [-0.25, -0.2) is 9.07 Å². The van der Waals surface area contributed by atoms with Crippen molar-refractivity contribution in [1.82, 2.24) is 20.3 Å². The lowest BCUT2D eigenvalue weighted by molar-refractivity contribution is 0.0944. The molecule has 1 aliphatic rings. The Morgan fingerprint density at radius 3 is 2.50 bits per heavy atom. The summed E-state index contributed by atoms with van der Waals surface area (Å²) in [6, 6.07) is 22.3. The summed E-state index contributed by atoms with van der Waals surface area (Å²) < 4.78 is 15.1. The molecule has 2 N–H and O–H groups in total. The van der Waals surface area contributed by atoms with Crippen molar-refractivity contribution in [1.29, 1.82) is 0 Å². The van der Waals surface area contributed by atoms with Crippen LogP contribution in [0.4, 0.5) is 10.1 Å². The number of nitrogens with zero attached hydrogens (tertiary/aromatic N) is 3. The molecule has 7 nitrogen and oxygen atoms in total. The van der Waals surface area contributed by atoms with Gasteiger partial charge in [0.25, 0.3) is 11.8 Å². The van der Waals surface area contributed by atoms with Gasteiger partial charge in [-0.15, -0.1) is 5.10 Å². The third kappa shape index (κ3) is 4.71. The van der Waals surface area contributed by atoms with Crippen LogP contribution in [0.1, 0.15) is 50.9 Å². The van der Waals surface area contributed by atoms with E-state index < -0.39 is 11.7 Å². The Hall–Kier alpha value is -4.33. The van der Waals surface area contributed by atoms with Gasteiger partial charge in [-0.3, -0.25) is 9.59 Å². The number of aromatic nitrogens is 3. The molecule has 0 bridgehead atoms. The van der Waals surface area contributed by atoms with Crippen molar-refractivity contribution in [2.24, 2.45) is 0 Å². The van der Waals surface area contributed by atoms with Crippen molar-refractivity contribution >= 4 is 17.5 Å². The number of halogens is 1. The Morgan fingerprint density at radius 1 is 0.941 bits per heavy atom. The number of anilines is 1. The Labute approximate surface area is 195 Å². The van der Waals surface area contributed by atoms with Crippen LogP contribution in [0.2, 0.25) is 0 Å². The van der Waals surface area contributed by atoms with E-state index in [1.54, 1.807) is 28.9 Å². The summed E-state index contributed by atoms with van der Waals surface area (Å²) in [5.41, 5.74) is 3.62. The summed E-state index contributed by atoms with van der Waals surface area (Å²) in [6.45, 7) is 0.255. The van der Waals surface area contributed by atoms with Gasteiger partial charge in [0.2, 0.25) is 0 Å². The molecule has 0 unspecified atom stereocenters. The van der Waals surface area contributed by atoms with Gasteiger partial charge in [0.15, 0.2) is 5.69 Å². The number of rotatable bonds is 7. The summed E-state index contributed by atoms with van der Waals surface area (Å²) in [4.78, 5) is 25.4. The molecule has 170 valence electrons. The zero-order chi connectivity index (χ0) is 23.5. The Morgan fingerprint density at radius 2 is 1.74 bits per heavy atom. The molecule has 3 aromatic carbocycles. The minimum Gasteiger partial charge on any atom is -0.347 e. The molecule has 0 atom stereocenters. The van der Waals surface area contributed by atoms with Crippen LogP contribution in [0.25, 0.3) is 5.69 Å². The fourth-order valence-electron chi connectivity index (χ4n) is 3.79. The molecule has 1 aliphatic carbocycles. The van der Waals surface area contributed by atoms with E-state index in [4.69, 9.17) is 0 Å². The highest BCUT2D eigenvalue weighted by Crippen LogP contribution is 2.41. The van der Waals surface area contributed by atoms with Gasteiger partial charge in [-0.05, 0) is 60.9 Å². The smallest absolute Gasteiger partial charge is 0.274 e. The summed E-state index contributed by atoms with van der Waals surface area (Å²) in [5.74, 6) is -0.901. The second-order valence-electron chi connectivity index (χ2n) is 8.19. The third-order valence-electron chi connectivity index (χ3n) is 5.61. The van der Waals surface area contributed by atoms with Crippen LogP contribution < -0.4 is 10.6 Å². The number of amides is 2. The molecule has 34 heavy (non-hydrogen) atoms. The maximum absolute atomic E-state index is 13.4. The largest absolute Gasteiger partial charge is 0.347 e. The fourth-order valence-corrected chi connectivity index (χ4v) is 3.79. The van der Waals surface area contributed by atoms with Crippen molar-refractivity contribution in [2.45, 2.75) is 25.3 Å². The zero-order valence-electron chi connectivity index (χ0n) is 18.2. The summed E-state index contributed by atoms with van der Waals surface area (Å²) in [6.07, 6.45) is 2.01. The van der Waals surface area contributed by atoms with E-state index >= 15 is 0 Å². The van der Waals surface area contributed by atoms with Crippen LogP contribution in [-0.4, -0.2) is 26.8 Å². The monoisotopic (exact) mass is 455 g/mol. The van der Waals surface area contributed by atoms with E-state index in [1.165, 1.54) is 18.2 Å². The lowest BCUT2D eigenvalue weighted by Gasteiger charge is -2.09. The zero-order valence-corrected chi connectivity index (χ0v) is 18.2. The predicted molar refractivity (Wildman–Crippen MR) is 125 cm³/mol. The van der Waals surface area contributed by atoms with Gasteiger partial charge in [0, 0.05) is 23.7 Å². The molecule has 8 heteroatoms. The molecular formula is C26H22FN5O2. The highest BCUT2D eigenvalue weighted by atomic mass is 19.1. The standard InChI is InChI=1S/C26H22FN5O2/c27-20-8-5-7-19(15-20)25(33)29-21-9-4-6-17(14-21)16-28-26(34)23-24(18-12-13-18)32(31-30-23)22-10-2-1-3-11-22/h1-11,14-15,18H,12-13,16H2,(H,28,34)(H,29,33). The fraction of sp³-hybridized carbons (Fsp3) is 0.154. The van der Waals surface area contributed by atoms with Crippen molar-refractivity contribution in [2.75, 3.05) is 5.32 Å². The SMILES string of the molecule is O=C(Nc1cccc(CNC(=O)c2nnn(-c3ccccc3)c2C2CC2)c1)c1cccc(F)c1. The average Bonchev–Trinajstić information content (AvgIpc) is 3.60. The van der Waals surface area contributed by atoms with Crippen LogP contribution >= 0.6 is 0 Å². The molecule has 4 aromatic rings. The molecule has 1 fully saturated rings. The number of benzene rings is 3. The number of hydrogen-bond acceptors (Lipinski definition) is 4. The maximum atomic E-state index is 13.4. The Kier molecular flexibility index (Phi) is 5.86. The number of hydrogen-bond donors (Lipinski definition) is 2.